The molecule has 0 spiro atoms. The lowest BCUT2D eigenvalue weighted by molar-refractivity contribution is -0.118. The van der Waals surface area contributed by atoms with Crippen molar-refractivity contribution in [2.45, 2.75) is 6.92 Å². The number of nitrogens with zero attached hydrogens (tertiary/aromatic N) is 2. The maximum atomic E-state index is 10.9. The molecule has 0 fully saturated rings. The second kappa shape index (κ2) is 4.40. The van der Waals surface area contributed by atoms with Crippen LogP contribution in [0.2, 0.25) is 0 Å². The molecule has 1 aromatic rings. The van der Waals surface area contributed by atoms with E-state index in [1.165, 1.54) is 0 Å². The largest absolute Gasteiger partial charge is 0.368 e. The Morgan fingerprint density at radius 1 is 1.64 bits per heavy atom. The zero-order valence-corrected chi connectivity index (χ0v) is 8.16. The van der Waals surface area contributed by atoms with E-state index < -0.39 is 0 Å². The maximum absolute atomic E-state index is 10.9. The highest BCUT2D eigenvalue weighted by molar-refractivity contribution is 5.80. The van der Waals surface area contributed by atoms with Crippen molar-refractivity contribution < 1.29 is 4.79 Å². The molecule has 1 aromatic heterocycles. The molecule has 14 heavy (non-hydrogen) atoms. The molecule has 0 unspecified atom stereocenters. The zero-order valence-electron chi connectivity index (χ0n) is 8.16. The molecule has 6 heteroatoms. The second-order valence-electron chi connectivity index (χ2n) is 2.79. The third-order valence-corrected chi connectivity index (χ3v) is 1.69. The average Bonchev–Trinajstić information content (AvgIpc) is 2.19. The summed E-state index contributed by atoms with van der Waals surface area (Å²) < 4.78 is 0. The molecule has 1 amide bonds. The van der Waals surface area contributed by atoms with Gasteiger partial charge in [-0.3, -0.25) is 4.79 Å². The van der Waals surface area contributed by atoms with E-state index in [1.807, 2.05) is 6.92 Å². The zero-order chi connectivity index (χ0) is 10.6. The predicted octanol–water partition coefficient (Wildman–Crippen LogP) is -0.475. The van der Waals surface area contributed by atoms with Gasteiger partial charge in [0.1, 0.15) is 5.82 Å². The molecule has 0 saturated carbocycles. The number of carbonyl (C=O) groups is 1. The van der Waals surface area contributed by atoms with Crippen molar-refractivity contribution in [1.29, 1.82) is 0 Å². The molecule has 0 atom stereocenters. The van der Waals surface area contributed by atoms with Crippen LogP contribution in [0.25, 0.3) is 0 Å². The van der Waals surface area contributed by atoms with Gasteiger partial charge in [0.05, 0.1) is 6.54 Å². The molecule has 0 aliphatic heterocycles. The Labute approximate surface area is 81.9 Å². The SMILES string of the molecule is CNC(=O)CNc1nc(N)ncc1C. The Morgan fingerprint density at radius 2 is 2.36 bits per heavy atom. The average molecular weight is 195 g/mol. The summed E-state index contributed by atoms with van der Waals surface area (Å²) >= 11 is 0. The van der Waals surface area contributed by atoms with Crippen molar-refractivity contribution >= 4 is 17.7 Å². The van der Waals surface area contributed by atoms with E-state index in [4.69, 9.17) is 5.73 Å². The van der Waals surface area contributed by atoms with Gasteiger partial charge < -0.3 is 16.4 Å². The van der Waals surface area contributed by atoms with Gasteiger partial charge in [-0.25, -0.2) is 4.98 Å². The molecule has 6 nitrogen and oxygen atoms in total. The van der Waals surface area contributed by atoms with Crippen LogP contribution in [-0.4, -0.2) is 29.5 Å². The highest BCUT2D eigenvalue weighted by atomic mass is 16.1. The van der Waals surface area contributed by atoms with Crippen LogP contribution in [0.1, 0.15) is 5.56 Å². The van der Waals surface area contributed by atoms with Crippen molar-refractivity contribution in [3.05, 3.63) is 11.8 Å². The fourth-order valence-corrected chi connectivity index (χ4v) is 0.887. The predicted molar refractivity (Wildman–Crippen MR) is 53.7 cm³/mol. The van der Waals surface area contributed by atoms with Gasteiger partial charge in [0, 0.05) is 18.8 Å². The number of amides is 1. The first-order valence-electron chi connectivity index (χ1n) is 4.17. The second-order valence-corrected chi connectivity index (χ2v) is 2.79. The quantitative estimate of drug-likeness (QED) is 0.606. The number of aryl methyl sites for hydroxylation is 1. The first-order chi connectivity index (χ1) is 6.63. The molecule has 1 rings (SSSR count). The first kappa shape index (κ1) is 10.2. The lowest BCUT2D eigenvalue weighted by Crippen LogP contribution is -2.26. The number of rotatable bonds is 3. The van der Waals surface area contributed by atoms with Gasteiger partial charge in [0.25, 0.3) is 0 Å². The maximum Gasteiger partial charge on any atom is 0.239 e. The number of aromatic nitrogens is 2. The molecule has 0 aromatic carbocycles. The minimum Gasteiger partial charge on any atom is -0.368 e. The summed E-state index contributed by atoms with van der Waals surface area (Å²) in [7, 11) is 1.57. The summed E-state index contributed by atoms with van der Waals surface area (Å²) in [6.07, 6.45) is 1.61. The van der Waals surface area contributed by atoms with Crippen molar-refractivity contribution in [3.8, 4) is 0 Å². The van der Waals surface area contributed by atoms with E-state index in [1.54, 1.807) is 13.2 Å². The van der Waals surface area contributed by atoms with Gasteiger partial charge in [-0.1, -0.05) is 0 Å². The van der Waals surface area contributed by atoms with Crippen LogP contribution in [-0.2, 0) is 4.79 Å². The van der Waals surface area contributed by atoms with E-state index >= 15 is 0 Å². The van der Waals surface area contributed by atoms with E-state index in [2.05, 4.69) is 20.6 Å². The Bertz CT molecular complexity index is 339. The van der Waals surface area contributed by atoms with Gasteiger partial charge in [-0.2, -0.15) is 4.98 Å². The smallest absolute Gasteiger partial charge is 0.239 e. The Hall–Kier alpha value is -1.85. The topological polar surface area (TPSA) is 92.9 Å². The normalized spacial score (nSPS) is 9.57. The van der Waals surface area contributed by atoms with Crippen molar-refractivity contribution in [2.75, 3.05) is 24.6 Å². The van der Waals surface area contributed by atoms with Crippen molar-refractivity contribution in [3.63, 3.8) is 0 Å². The van der Waals surface area contributed by atoms with Gasteiger partial charge in [-0.15, -0.1) is 0 Å². The van der Waals surface area contributed by atoms with E-state index in [-0.39, 0.29) is 18.4 Å². The van der Waals surface area contributed by atoms with E-state index in [9.17, 15) is 4.79 Å². The molecular weight excluding hydrogens is 182 g/mol. The highest BCUT2D eigenvalue weighted by Gasteiger charge is 2.03. The number of nitrogens with one attached hydrogen (secondary N) is 2. The molecule has 0 aliphatic carbocycles. The molecule has 4 N–H and O–H groups in total. The molecule has 0 radical (unpaired) electrons. The van der Waals surface area contributed by atoms with Crippen LogP contribution in [0.4, 0.5) is 11.8 Å². The molecule has 76 valence electrons. The minimum atomic E-state index is -0.110. The van der Waals surface area contributed by atoms with Crippen molar-refractivity contribution in [1.82, 2.24) is 15.3 Å². The number of nitrogen functional groups attached to an aromatic ring is 1. The van der Waals surface area contributed by atoms with Crippen LogP contribution in [0.3, 0.4) is 0 Å². The Kier molecular flexibility index (Phi) is 3.22. The number of carbonyl (C=O) groups excluding carboxylic acids is 1. The van der Waals surface area contributed by atoms with Crippen LogP contribution in [0, 0.1) is 6.92 Å². The number of nitrogens with two attached hydrogens (primary N) is 1. The summed E-state index contributed by atoms with van der Waals surface area (Å²) in [5.41, 5.74) is 6.25. The lowest BCUT2D eigenvalue weighted by Gasteiger charge is -2.07. The van der Waals surface area contributed by atoms with Gasteiger partial charge in [0.15, 0.2) is 0 Å². The number of hydrogen-bond donors (Lipinski definition) is 3. The summed E-state index contributed by atoms with van der Waals surface area (Å²) in [6.45, 7) is 2.01. The Morgan fingerprint density at radius 3 is 3.00 bits per heavy atom. The number of hydrogen-bond acceptors (Lipinski definition) is 5. The summed E-state index contributed by atoms with van der Waals surface area (Å²) in [4.78, 5) is 18.7. The van der Waals surface area contributed by atoms with E-state index in [0.29, 0.717) is 5.82 Å². The van der Waals surface area contributed by atoms with Crippen LogP contribution >= 0.6 is 0 Å². The monoisotopic (exact) mass is 195 g/mol. The summed E-state index contributed by atoms with van der Waals surface area (Å²) in [6, 6.07) is 0. The van der Waals surface area contributed by atoms with Crippen molar-refractivity contribution in [2.24, 2.45) is 0 Å². The van der Waals surface area contributed by atoms with Crippen LogP contribution < -0.4 is 16.4 Å². The number of anilines is 2. The molecular formula is C8H13N5O. The van der Waals surface area contributed by atoms with Gasteiger partial charge >= 0.3 is 0 Å². The molecule has 1 heterocycles. The molecule has 0 saturated heterocycles. The molecule has 0 aliphatic rings. The van der Waals surface area contributed by atoms with Gasteiger partial charge in [-0.05, 0) is 6.92 Å². The highest BCUT2D eigenvalue weighted by Crippen LogP contribution is 2.09. The first-order valence-corrected chi connectivity index (χ1v) is 4.17. The summed E-state index contributed by atoms with van der Waals surface area (Å²) in [5.74, 6) is 0.665. The summed E-state index contributed by atoms with van der Waals surface area (Å²) in [5, 5.41) is 5.35. The standard InChI is InChI=1S/C8H13N5O/c1-5-3-12-8(9)13-7(5)11-4-6(14)10-2/h3H,4H2,1-2H3,(H,10,14)(H3,9,11,12,13). The van der Waals surface area contributed by atoms with Gasteiger partial charge in [0.2, 0.25) is 11.9 Å². The molecule has 0 bridgehead atoms. The number of likely N-dealkylation sites (N-methyl/N-ethyl adjacent to an activating group) is 1. The Balaban J connectivity index is 2.66. The third-order valence-electron chi connectivity index (χ3n) is 1.69. The van der Waals surface area contributed by atoms with Crippen LogP contribution in [0.5, 0.6) is 0 Å². The van der Waals surface area contributed by atoms with Crippen LogP contribution in [0.15, 0.2) is 6.20 Å². The fraction of sp³-hybridized carbons (Fsp3) is 0.375. The minimum absolute atomic E-state index is 0.110. The van der Waals surface area contributed by atoms with E-state index in [0.717, 1.165) is 5.56 Å². The third kappa shape index (κ3) is 2.58. The fourth-order valence-electron chi connectivity index (χ4n) is 0.887. The lowest BCUT2D eigenvalue weighted by atomic mass is 10.3.